The van der Waals surface area contributed by atoms with Gasteiger partial charge in [0.05, 0.1) is 10.5 Å². The predicted octanol–water partition coefficient (Wildman–Crippen LogP) is 3.31. The van der Waals surface area contributed by atoms with Crippen molar-refractivity contribution in [3.05, 3.63) is 64.1 Å². The first-order valence-electron chi connectivity index (χ1n) is 5.94. The van der Waals surface area contributed by atoms with Crippen LogP contribution in [-0.2, 0) is 15.6 Å². The smallest absolute Gasteiger partial charge is 0.261 e. The summed E-state index contributed by atoms with van der Waals surface area (Å²) in [6.07, 6.45) is 0. The average Bonchev–Trinajstić information content (AvgIpc) is 2.45. The molecule has 0 saturated carbocycles. The molecule has 1 N–H and O–H groups in total. The number of carbonyl (C=O) groups is 1. The summed E-state index contributed by atoms with van der Waals surface area (Å²) in [6, 6.07) is 13.1. The van der Waals surface area contributed by atoms with Gasteiger partial charge in [-0.1, -0.05) is 24.3 Å². The van der Waals surface area contributed by atoms with Gasteiger partial charge in [-0.2, -0.15) is 0 Å². The van der Waals surface area contributed by atoms with Crippen molar-refractivity contribution in [1.82, 2.24) is 5.32 Å². The Balaban J connectivity index is 2.04. The van der Waals surface area contributed by atoms with E-state index in [0.717, 1.165) is 5.56 Å². The van der Waals surface area contributed by atoms with Crippen molar-refractivity contribution < 1.29 is 13.2 Å². The number of nitrogens with one attached hydrogen (secondary N) is 1. The molecule has 1 amide bonds. The van der Waals surface area contributed by atoms with Gasteiger partial charge >= 0.3 is 0 Å². The summed E-state index contributed by atoms with van der Waals surface area (Å²) in [5.74, 6) is -0.212. The lowest BCUT2D eigenvalue weighted by Gasteiger charge is -2.07. The van der Waals surface area contributed by atoms with Crippen LogP contribution < -0.4 is 5.32 Å². The molecule has 0 saturated heterocycles. The van der Waals surface area contributed by atoms with Crippen LogP contribution in [-0.4, -0.2) is 14.3 Å². The molecule has 0 unspecified atom stereocenters. The molecule has 2 aromatic rings. The molecule has 0 aromatic heterocycles. The molecule has 2 rings (SSSR count). The molecule has 0 spiro atoms. The molecule has 0 bridgehead atoms. The first-order chi connectivity index (χ1) is 9.88. The highest BCUT2D eigenvalue weighted by Gasteiger charge is 2.10. The summed E-state index contributed by atoms with van der Waals surface area (Å²) in [5, 5.41) is 2.76. The lowest BCUT2D eigenvalue weighted by molar-refractivity contribution is 0.0950. The fourth-order valence-electron chi connectivity index (χ4n) is 1.69. The molecular weight excluding hydrogens is 378 g/mol. The molecule has 0 atom stereocenters. The van der Waals surface area contributed by atoms with Gasteiger partial charge in [0.25, 0.3) is 15.0 Å². The van der Waals surface area contributed by atoms with E-state index in [1.165, 1.54) is 12.1 Å². The SMILES string of the molecule is O=C(NCc1ccc(S(=O)(=O)Cl)cc1)c1ccccc1Br. The van der Waals surface area contributed by atoms with Gasteiger partial charge < -0.3 is 5.32 Å². The zero-order chi connectivity index (χ0) is 15.5. The molecule has 2 aromatic carbocycles. The Hall–Kier alpha value is -1.37. The number of hydrogen-bond donors (Lipinski definition) is 1. The van der Waals surface area contributed by atoms with Crippen LogP contribution in [0.4, 0.5) is 0 Å². The molecule has 110 valence electrons. The van der Waals surface area contributed by atoms with Crippen molar-refractivity contribution >= 4 is 41.6 Å². The molecular formula is C14H11BrClNO3S. The van der Waals surface area contributed by atoms with Gasteiger partial charge in [0.1, 0.15) is 0 Å². The second-order valence-corrected chi connectivity index (χ2v) is 7.66. The molecule has 21 heavy (non-hydrogen) atoms. The Morgan fingerprint density at radius 2 is 1.71 bits per heavy atom. The van der Waals surface area contributed by atoms with Crippen molar-refractivity contribution in [2.75, 3.05) is 0 Å². The lowest BCUT2D eigenvalue weighted by Crippen LogP contribution is -2.23. The quantitative estimate of drug-likeness (QED) is 0.817. The standard InChI is InChI=1S/C14H11BrClNO3S/c15-13-4-2-1-3-12(13)14(18)17-9-10-5-7-11(8-6-10)21(16,19)20/h1-8H,9H2,(H,17,18). The fourth-order valence-corrected chi connectivity index (χ4v) is 2.93. The first-order valence-corrected chi connectivity index (χ1v) is 9.04. The summed E-state index contributed by atoms with van der Waals surface area (Å²) >= 11 is 3.31. The second-order valence-electron chi connectivity index (χ2n) is 4.24. The first kappa shape index (κ1) is 16.0. The maximum atomic E-state index is 12.0. The third-order valence-electron chi connectivity index (χ3n) is 2.78. The number of rotatable bonds is 4. The summed E-state index contributed by atoms with van der Waals surface area (Å²) in [4.78, 5) is 12.0. The van der Waals surface area contributed by atoms with Crippen LogP contribution in [0, 0.1) is 0 Å². The van der Waals surface area contributed by atoms with Crippen molar-refractivity contribution in [1.29, 1.82) is 0 Å². The van der Waals surface area contributed by atoms with E-state index in [9.17, 15) is 13.2 Å². The van der Waals surface area contributed by atoms with E-state index < -0.39 is 9.05 Å². The normalized spacial score (nSPS) is 11.1. The zero-order valence-electron chi connectivity index (χ0n) is 10.7. The summed E-state index contributed by atoms with van der Waals surface area (Å²) in [6.45, 7) is 0.294. The van der Waals surface area contributed by atoms with Gasteiger partial charge in [-0.3, -0.25) is 4.79 Å². The van der Waals surface area contributed by atoms with Crippen LogP contribution in [0.15, 0.2) is 57.9 Å². The Kier molecular flexibility index (Phi) is 5.03. The van der Waals surface area contributed by atoms with Crippen molar-refractivity contribution in [3.63, 3.8) is 0 Å². The number of benzene rings is 2. The van der Waals surface area contributed by atoms with Crippen LogP contribution >= 0.6 is 26.6 Å². The van der Waals surface area contributed by atoms with E-state index >= 15 is 0 Å². The van der Waals surface area contributed by atoms with Crippen molar-refractivity contribution in [2.45, 2.75) is 11.4 Å². The molecule has 0 aliphatic heterocycles. The number of amides is 1. The minimum Gasteiger partial charge on any atom is -0.348 e. The Bertz CT molecular complexity index is 760. The Morgan fingerprint density at radius 3 is 2.29 bits per heavy atom. The van der Waals surface area contributed by atoms with E-state index in [4.69, 9.17) is 10.7 Å². The van der Waals surface area contributed by atoms with E-state index in [2.05, 4.69) is 21.2 Å². The maximum absolute atomic E-state index is 12.0. The minimum absolute atomic E-state index is 0.0325. The number of carbonyl (C=O) groups excluding carboxylic acids is 1. The van der Waals surface area contributed by atoms with E-state index in [0.29, 0.717) is 16.6 Å². The summed E-state index contributed by atoms with van der Waals surface area (Å²) < 4.78 is 23.0. The van der Waals surface area contributed by atoms with Gasteiger partial charge in [0.2, 0.25) is 0 Å². The van der Waals surface area contributed by atoms with Gasteiger partial charge in [-0.15, -0.1) is 0 Å². The highest BCUT2D eigenvalue weighted by molar-refractivity contribution is 9.10. The molecule has 0 heterocycles. The monoisotopic (exact) mass is 387 g/mol. The van der Waals surface area contributed by atoms with Crippen molar-refractivity contribution in [3.8, 4) is 0 Å². The third-order valence-corrected chi connectivity index (χ3v) is 4.84. The zero-order valence-corrected chi connectivity index (χ0v) is 13.9. The highest BCUT2D eigenvalue weighted by Crippen LogP contribution is 2.17. The molecule has 0 radical (unpaired) electrons. The fraction of sp³-hybridized carbons (Fsp3) is 0.0714. The van der Waals surface area contributed by atoms with Crippen LogP contribution in [0.25, 0.3) is 0 Å². The maximum Gasteiger partial charge on any atom is 0.261 e. The predicted molar refractivity (Wildman–Crippen MR) is 84.8 cm³/mol. The molecule has 0 aliphatic rings. The lowest BCUT2D eigenvalue weighted by atomic mass is 10.2. The Labute approximate surface area is 135 Å². The number of hydrogen-bond acceptors (Lipinski definition) is 3. The van der Waals surface area contributed by atoms with Crippen LogP contribution in [0.2, 0.25) is 0 Å². The molecule has 7 heteroatoms. The van der Waals surface area contributed by atoms with E-state index in [-0.39, 0.29) is 10.8 Å². The molecule has 0 fully saturated rings. The third kappa shape index (κ3) is 4.30. The molecule has 0 aliphatic carbocycles. The summed E-state index contributed by atoms with van der Waals surface area (Å²) in [5.41, 5.74) is 1.32. The van der Waals surface area contributed by atoms with E-state index in [1.807, 2.05) is 6.07 Å². The Morgan fingerprint density at radius 1 is 1.10 bits per heavy atom. The van der Waals surface area contributed by atoms with Gasteiger partial charge in [-0.05, 0) is 45.8 Å². The van der Waals surface area contributed by atoms with Crippen molar-refractivity contribution in [2.24, 2.45) is 0 Å². The van der Waals surface area contributed by atoms with Gasteiger partial charge in [0.15, 0.2) is 0 Å². The van der Waals surface area contributed by atoms with Crippen LogP contribution in [0.3, 0.4) is 0 Å². The average molecular weight is 389 g/mol. The van der Waals surface area contributed by atoms with Gasteiger partial charge in [-0.25, -0.2) is 8.42 Å². The van der Waals surface area contributed by atoms with Crippen LogP contribution in [0.5, 0.6) is 0 Å². The largest absolute Gasteiger partial charge is 0.348 e. The van der Waals surface area contributed by atoms with Gasteiger partial charge in [0, 0.05) is 21.7 Å². The number of halogens is 2. The molecule has 4 nitrogen and oxygen atoms in total. The highest BCUT2D eigenvalue weighted by atomic mass is 79.9. The van der Waals surface area contributed by atoms with E-state index in [1.54, 1.807) is 30.3 Å². The second kappa shape index (κ2) is 6.60. The summed E-state index contributed by atoms with van der Waals surface area (Å²) in [7, 11) is 1.51. The van der Waals surface area contributed by atoms with Crippen LogP contribution in [0.1, 0.15) is 15.9 Å². The minimum atomic E-state index is -3.72. The topological polar surface area (TPSA) is 63.2 Å².